The van der Waals surface area contributed by atoms with Gasteiger partial charge in [0.15, 0.2) is 0 Å². The Hall–Kier alpha value is -0.120. The predicted molar refractivity (Wildman–Crippen MR) is 38.9 cm³/mol. The lowest BCUT2D eigenvalue weighted by atomic mass is 10.2. The highest BCUT2D eigenvalue weighted by molar-refractivity contribution is 4.67. The Morgan fingerprint density at radius 3 is 3.30 bits per heavy atom. The summed E-state index contributed by atoms with van der Waals surface area (Å²) >= 11 is 0. The van der Waals surface area contributed by atoms with Crippen LogP contribution in [-0.4, -0.2) is 37.5 Å². The fourth-order valence-electron chi connectivity index (χ4n) is 1.11. The molecule has 0 saturated carbocycles. The summed E-state index contributed by atoms with van der Waals surface area (Å²) in [6.45, 7) is 2.88. The summed E-state index contributed by atoms with van der Waals surface area (Å²) in [7, 11) is 0. The Kier molecular flexibility index (Phi) is 3.72. The van der Waals surface area contributed by atoms with E-state index < -0.39 is 0 Å². The molecule has 1 heterocycles. The summed E-state index contributed by atoms with van der Waals surface area (Å²) in [5.74, 6) is 0. The van der Waals surface area contributed by atoms with E-state index in [2.05, 4.69) is 5.32 Å². The molecule has 1 rings (SSSR count). The van der Waals surface area contributed by atoms with Gasteiger partial charge in [0.25, 0.3) is 0 Å². The van der Waals surface area contributed by atoms with E-state index in [1.54, 1.807) is 0 Å². The van der Waals surface area contributed by atoms with Gasteiger partial charge >= 0.3 is 0 Å². The molecule has 1 aliphatic rings. The van der Waals surface area contributed by atoms with Crippen LogP contribution in [0.1, 0.15) is 12.8 Å². The standard InChI is InChI=1S/C7H15NO2/c9-4-2-7-6-10-5-1-3-8-7/h7-9H,1-6H2. The second-order valence-corrected chi connectivity index (χ2v) is 2.59. The third-order valence-corrected chi connectivity index (χ3v) is 1.70. The minimum absolute atomic E-state index is 0.251. The third-order valence-electron chi connectivity index (χ3n) is 1.70. The van der Waals surface area contributed by atoms with Crippen LogP contribution in [0.3, 0.4) is 0 Å². The molecule has 3 heteroatoms. The van der Waals surface area contributed by atoms with Crippen molar-refractivity contribution in [3.63, 3.8) is 0 Å². The van der Waals surface area contributed by atoms with E-state index in [0.717, 1.165) is 32.6 Å². The zero-order valence-electron chi connectivity index (χ0n) is 6.18. The lowest BCUT2D eigenvalue weighted by Gasteiger charge is -2.12. The van der Waals surface area contributed by atoms with E-state index in [1.165, 1.54) is 0 Å². The van der Waals surface area contributed by atoms with Gasteiger partial charge in [-0.25, -0.2) is 0 Å². The molecule has 0 aromatic rings. The van der Waals surface area contributed by atoms with Crippen LogP contribution in [0.4, 0.5) is 0 Å². The van der Waals surface area contributed by atoms with Crippen molar-refractivity contribution < 1.29 is 9.84 Å². The molecule has 0 spiro atoms. The topological polar surface area (TPSA) is 41.5 Å². The maximum atomic E-state index is 8.61. The first-order valence-corrected chi connectivity index (χ1v) is 3.85. The highest BCUT2D eigenvalue weighted by Gasteiger charge is 2.09. The summed E-state index contributed by atoms with van der Waals surface area (Å²) in [6, 6.07) is 0.368. The van der Waals surface area contributed by atoms with Crippen molar-refractivity contribution in [1.82, 2.24) is 5.32 Å². The molecule has 0 aliphatic carbocycles. The first kappa shape index (κ1) is 7.98. The van der Waals surface area contributed by atoms with E-state index in [4.69, 9.17) is 9.84 Å². The van der Waals surface area contributed by atoms with Crippen molar-refractivity contribution in [2.24, 2.45) is 0 Å². The van der Waals surface area contributed by atoms with Gasteiger partial charge in [-0.05, 0) is 19.4 Å². The van der Waals surface area contributed by atoms with Crippen molar-refractivity contribution >= 4 is 0 Å². The normalized spacial score (nSPS) is 27.9. The summed E-state index contributed by atoms with van der Waals surface area (Å²) in [5.41, 5.74) is 0. The van der Waals surface area contributed by atoms with Crippen LogP contribution in [-0.2, 0) is 4.74 Å². The summed E-state index contributed by atoms with van der Waals surface area (Å²) in [4.78, 5) is 0. The molecule has 0 amide bonds. The molecule has 1 aliphatic heterocycles. The third kappa shape index (κ3) is 2.64. The SMILES string of the molecule is OCCC1COCCCN1. The Labute approximate surface area is 61.4 Å². The Morgan fingerprint density at radius 2 is 2.50 bits per heavy atom. The minimum Gasteiger partial charge on any atom is -0.396 e. The van der Waals surface area contributed by atoms with Gasteiger partial charge in [0, 0.05) is 19.3 Å². The van der Waals surface area contributed by atoms with Crippen molar-refractivity contribution in [3.8, 4) is 0 Å². The smallest absolute Gasteiger partial charge is 0.0620 e. The molecule has 1 saturated heterocycles. The van der Waals surface area contributed by atoms with E-state index in [-0.39, 0.29) is 6.61 Å². The fourth-order valence-corrected chi connectivity index (χ4v) is 1.11. The number of rotatable bonds is 2. The van der Waals surface area contributed by atoms with Crippen molar-refractivity contribution in [3.05, 3.63) is 0 Å². The molecule has 0 radical (unpaired) electrons. The lowest BCUT2D eigenvalue weighted by molar-refractivity contribution is 0.122. The monoisotopic (exact) mass is 145 g/mol. The Balaban J connectivity index is 2.15. The van der Waals surface area contributed by atoms with Crippen LogP contribution in [0.5, 0.6) is 0 Å². The zero-order valence-corrected chi connectivity index (χ0v) is 6.18. The van der Waals surface area contributed by atoms with Crippen molar-refractivity contribution in [2.75, 3.05) is 26.4 Å². The fraction of sp³-hybridized carbons (Fsp3) is 1.00. The summed E-state index contributed by atoms with van der Waals surface area (Å²) in [6.07, 6.45) is 1.89. The number of aliphatic hydroxyl groups is 1. The summed E-state index contributed by atoms with van der Waals surface area (Å²) < 4.78 is 5.29. The predicted octanol–water partition coefficient (Wildman–Crippen LogP) is -0.253. The molecule has 1 atom stereocenters. The molecular weight excluding hydrogens is 130 g/mol. The number of aliphatic hydroxyl groups excluding tert-OH is 1. The minimum atomic E-state index is 0.251. The van der Waals surface area contributed by atoms with E-state index in [0.29, 0.717) is 6.04 Å². The number of ether oxygens (including phenoxy) is 1. The highest BCUT2D eigenvalue weighted by atomic mass is 16.5. The highest BCUT2D eigenvalue weighted by Crippen LogP contribution is 1.97. The molecule has 2 N–H and O–H groups in total. The lowest BCUT2D eigenvalue weighted by Crippen LogP contribution is -2.32. The molecule has 0 bridgehead atoms. The van der Waals surface area contributed by atoms with Crippen LogP contribution >= 0.6 is 0 Å². The van der Waals surface area contributed by atoms with Crippen LogP contribution in [0.15, 0.2) is 0 Å². The molecule has 3 nitrogen and oxygen atoms in total. The number of hydrogen-bond donors (Lipinski definition) is 2. The van der Waals surface area contributed by atoms with Crippen LogP contribution < -0.4 is 5.32 Å². The second-order valence-electron chi connectivity index (χ2n) is 2.59. The molecule has 1 unspecified atom stereocenters. The molecule has 0 aromatic carbocycles. The average molecular weight is 145 g/mol. The van der Waals surface area contributed by atoms with Gasteiger partial charge in [-0.3, -0.25) is 0 Å². The van der Waals surface area contributed by atoms with Gasteiger partial charge in [-0.15, -0.1) is 0 Å². The first-order chi connectivity index (χ1) is 4.93. The molecule has 60 valence electrons. The molecular formula is C7H15NO2. The van der Waals surface area contributed by atoms with Crippen LogP contribution in [0.25, 0.3) is 0 Å². The van der Waals surface area contributed by atoms with E-state index in [9.17, 15) is 0 Å². The van der Waals surface area contributed by atoms with Gasteiger partial charge in [0.2, 0.25) is 0 Å². The van der Waals surface area contributed by atoms with Crippen molar-refractivity contribution in [2.45, 2.75) is 18.9 Å². The van der Waals surface area contributed by atoms with Crippen LogP contribution in [0, 0.1) is 0 Å². The number of nitrogens with one attached hydrogen (secondary N) is 1. The van der Waals surface area contributed by atoms with Crippen molar-refractivity contribution in [1.29, 1.82) is 0 Å². The average Bonchev–Trinajstić information content (AvgIpc) is 2.17. The quantitative estimate of drug-likeness (QED) is 0.563. The van der Waals surface area contributed by atoms with Crippen LogP contribution in [0.2, 0.25) is 0 Å². The molecule has 0 aromatic heterocycles. The second kappa shape index (κ2) is 4.66. The largest absolute Gasteiger partial charge is 0.396 e. The van der Waals surface area contributed by atoms with Gasteiger partial charge in [-0.1, -0.05) is 0 Å². The number of hydrogen-bond acceptors (Lipinski definition) is 3. The Bertz CT molecular complexity index is 79.7. The van der Waals surface area contributed by atoms with Gasteiger partial charge < -0.3 is 15.2 Å². The van der Waals surface area contributed by atoms with Gasteiger partial charge in [0.05, 0.1) is 6.61 Å². The van der Waals surface area contributed by atoms with Gasteiger partial charge in [0.1, 0.15) is 0 Å². The van der Waals surface area contributed by atoms with E-state index >= 15 is 0 Å². The first-order valence-electron chi connectivity index (χ1n) is 3.85. The zero-order chi connectivity index (χ0) is 7.23. The maximum Gasteiger partial charge on any atom is 0.0620 e. The molecule has 10 heavy (non-hydrogen) atoms. The van der Waals surface area contributed by atoms with E-state index in [1.807, 2.05) is 0 Å². The maximum absolute atomic E-state index is 8.61. The summed E-state index contributed by atoms with van der Waals surface area (Å²) in [5, 5.41) is 11.9. The van der Waals surface area contributed by atoms with Gasteiger partial charge in [-0.2, -0.15) is 0 Å². The Morgan fingerprint density at radius 1 is 1.60 bits per heavy atom. The molecule has 1 fully saturated rings.